The lowest BCUT2D eigenvalue weighted by Gasteiger charge is -2.13. The fourth-order valence-electron chi connectivity index (χ4n) is 3.39. The van der Waals surface area contributed by atoms with E-state index in [2.05, 4.69) is 10.0 Å². The Hall–Kier alpha value is -2.52. The minimum atomic E-state index is -3.82. The van der Waals surface area contributed by atoms with E-state index in [1.165, 1.54) is 16.8 Å². The number of hydrogen-bond donors (Lipinski definition) is 2. The summed E-state index contributed by atoms with van der Waals surface area (Å²) >= 11 is 0. The molecule has 1 amide bonds. The van der Waals surface area contributed by atoms with Crippen LogP contribution >= 0.6 is 0 Å². The molecule has 156 valence electrons. The highest BCUT2D eigenvalue weighted by atomic mass is 32.2. The molecule has 1 atom stereocenters. The van der Waals surface area contributed by atoms with Crippen LogP contribution in [0.1, 0.15) is 42.2 Å². The first kappa shape index (κ1) is 21.2. The van der Waals surface area contributed by atoms with Gasteiger partial charge in [-0.05, 0) is 44.7 Å². The Morgan fingerprint density at radius 2 is 2.00 bits per heavy atom. The van der Waals surface area contributed by atoms with Crippen LogP contribution in [0.4, 0.5) is 14.5 Å². The molecule has 0 radical (unpaired) electrons. The first-order valence-electron chi connectivity index (χ1n) is 9.31. The maximum Gasteiger partial charge on any atom is 0.272 e. The van der Waals surface area contributed by atoms with Crippen molar-refractivity contribution in [2.24, 2.45) is 7.05 Å². The highest BCUT2D eigenvalue weighted by Crippen LogP contribution is 2.25. The van der Waals surface area contributed by atoms with Crippen LogP contribution in [-0.2, 0) is 23.5 Å². The average Bonchev–Trinajstić information content (AvgIpc) is 2.96. The van der Waals surface area contributed by atoms with Crippen molar-refractivity contribution in [1.29, 1.82) is 0 Å². The van der Waals surface area contributed by atoms with E-state index in [-0.39, 0.29) is 28.7 Å². The molecule has 2 aromatic rings. The topological polar surface area (TPSA) is 80.2 Å². The highest BCUT2D eigenvalue weighted by Gasteiger charge is 2.28. The number of amides is 1. The van der Waals surface area contributed by atoms with Crippen molar-refractivity contribution in [2.45, 2.75) is 43.5 Å². The summed E-state index contributed by atoms with van der Waals surface area (Å²) in [7, 11) is -2.25. The van der Waals surface area contributed by atoms with Gasteiger partial charge in [-0.3, -0.25) is 4.79 Å². The maximum absolute atomic E-state index is 13.5. The van der Waals surface area contributed by atoms with Crippen molar-refractivity contribution in [1.82, 2.24) is 9.29 Å². The largest absolute Gasteiger partial charge is 0.345 e. The zero-order valence-electron chi connectivity index (χ0n) is 16.2. The first-order valence-corrected chi connectivity index (χ1v) is 10.8. The van der Waals surface area contributed by atoms with Crippen molar-refractivity contribution < 1.29 is 22.0 Å². The fraction of sp³-hybridized carbons (Fsp3) is 0.350. The number of aryl methyl sites for hydroxylation is 1. The molecule has 3 rings (SSSR count). The molecule has 1 unspecified atom stereocenters. The van der Waals surface area contributed by atoms with E-state index < -0.39 is 27.6 Å². The Labute approximate surface area is 168 Å². The molecule has 0 fully saturated rings. The summed E-state index contributed by atoms with van der Waals surface area (Å²) in [4.78, 5) is 12.9. The van der Waals surface area contributed by atoms with Gasteiger partial charge in [-0.15, -0.1) is 0 Å². The van der Waals surface area contributed by atoms with Gasteiger partial charge in [-0.1, -0.05) is 12.2 Å². The maximum atomic E-state index is 13.5. The zero-order chi connectivity index (χ0) is 21.2. The lowest BCUT2D eigenvalue weighted by Crippen LogP contribution is -2.32. The van der Waals surface area contributed by atoms with Gasteiger partial charge in [0.15, 0.2) is 11.6 Å². The molecule has 1 aliphatic rings. The monoisotopic (exact) mass is 423 g/mol. The molecule has 29 heavy (non-hydrogen) atoms. The number of sulfonamides is 1. The fourth-order valence-corrected chi connectivity index (χ4v) is 4.96. The van der Waals surface area contributed by atoms with Gasteiger partial charge >= 0.3 is 0 Å². The number of nitrogens with zero attached hydrogens (tertiary/aromatic N) is 1. The van der Waals surface area contributed by atoms with Crippen LogP contribution in [0.2, 0.25) is 0 Å². The number of hydrogen-bond acceptors (Lipinski definition) is 3. The van der Waals surface area contributed by atoms with Crippen LogP contribution in [0.3, 0.4) is 0 Å². The Bertz CT molecular complexity index is 1060. The summed E-state index contributed by atoms with van der Waals surface area (Å²) in [6, 6.07) is 2.79. The molecule has 2 heterocycles. The molecule has 0 saturated carbocycles. The second-order valence-corrected chi connectivity index (χ2v) is 8.83. The average molecular weight is 423 g/mol. The van der Waals surface area contributed by atoms with Gasteiger partial charge in [-0.2, -0.15) is 0 Å². The van der Waals surface area contributed by atoms with Crippen LogP contribution in [0.25, 0.3) is 0 Å². The number of halogens is 2. The van der Waals surface area contributed by atoms with Crippen molar-refractivity contribution in [3.8, 4) is 0 Å². The number of anilines is 1. The number of fused-ring (bicyclic) bond motifs is 1. The third kappa shape index (κ3) is 4.73. The van der Waals surface area contributed by atoms with Crippen molar-refractivity contribution >= 4 is 21.6 Å². The molecule has 9 heteroatoms. The molecular formula is C20H23F2N3O3S. The highest BCUT2D eigenvalue weighted by molar-refractivity contribution is 7.89. The molecule has 1 aromatic heterocycles. The van der Waals surface area contributed by atoms with Crippen LogP contribution in [0, 0.1) is 11.6 Å². The number of rotatable bonds is 2. The molecule has 0 saturated heterocycles. The molecule has 0 bridgehead atoms. The molecule has 2 N–H and O–H groups in total. The predicted octanol–water partition coefficient (Wildman–Crippen LogP) is 3.51. The van der Waals surface area contributed by atoms with Gasteiger partial charge in [0.1, 0.15) is 10.6 Å². The summed E-state index contributed by atoms with van der Waals surface area (Å²) in [5, 5.41) is 2.51. The first-order chi connectivity index (χ1) is 13.7. The van der Waals surface area contributed by atoms with E-state index >= 15 is 0 Å². The minimum Gasteiger partial charge on any atom is -0.345 e. The number of benzene rings is 1. The van der Waals surface area contributed by atoms with E-state index in [0.717, 1.165) is 25.0 Å². The zero-order valence-corrected chi connectivity index (χ0v) is 17.0. The van der Waals surface area contributed by atoms with Crippen molar-refractivity contribution in [3.63, 3.8) is 0 Å². The van der Waals surface area contributed by atoms with E-state index in [0.29, 0.717) is 12.0 Å². The Balaban J connectivity index is 2.02. The second kappa shape index (κ2) is 8.46. The molecule has 6 nitrogen and oxygen atoms in total. The van der Waals surface area contributed by atoms with Gasteiger partial charge < -0.3 is 9.88 Å². The molecule has 1 aromatic carbocycles. The van der Waals surface area contributed by atoms with E-state index in [1.807, 2.05) is 12.2 Å². The van der Waals surface area contributed by atoms with Crippen LogP contribution in [-0.4, -0.2) is 24.9 Å². The SMILES string of the molecule is CC1CCC/C=C\Cc2c(cn(C)c2C(=O)Nc2ccc(F)c(F)c2)S(=O)(=O)N1. The van der Waals surface area contributed by atoms with E-state index in [4.69, 9.17) is 0 Å². The molecular weight excluding hydrogens is 400 g/mol. The molecule has 0 spiro atoms. The van der Waals surface area contributed by atoms with Gasteiger partial charge in [0.25, 0.3) is 5.91 Å². The lowest BCUT2D eigenvalue weighted by molar-refractivity contribution is 0.101. The lowest BCUT2D eigenvalue weighted by atomic mass is 10.1. The Morgan fingerprint density at radius 1 is 1.24 bits per heavy atom. The van der Waals surface area contributed by atoms with Crippen molar-refractivity contribution in [2.75, 3.05) is 5.32 Å². The standard InChI is InChI=1S/C20H23F2N3O3S/c1-13-7-5-3-4-6-8-15-18(29(27,28)24-13)12-25(2)19(15)20(26)23-14-9-10-16(21)17(22)11-14/h4,6,9-13,24H,3,5,7-8H2,1-2H3,(H,23,26)/b6-4-. The summed E-state index contributed by atoms with van der Waals surface area (Å²) in [6.07, 6.45) is 7.83. The summed E-state index contributed by atoms with van der Waals surface area (Å²) in [5.74, 6) is -2.71. The number of aromatic nitrogens is 1. The summed E-state index contributed by atoms with van der Waals surface area (Å²) in [5.41, 5.74) is 0.572. The quantitative estimate of drug-likeness (QED) is 0.726. The van der Waals surface area contributed by atoms with E-state index in [9.17, 15) is 22.0 Å². The summed E-state index contributed by atoms with van der Waals surface area (Å²) in [6.45, 7) is 1.80. The normalized spacial score (nSPS) is 20.3. The Kier molecular flexibility index (Phi) is 6.18. The van der Waals surface area contributed by atoms with Gasteiger partial charge in [-0.25, -0.2) is 21.9 Å². The third-order valence-corrected chi connectivity index (χ3v) is 6.43. The number of carbonyl (C=O) groups is 1. The predicted molar refractivity (Wildman–Crippen MR) is 106 cm³/mol. The van der Waals surface area contributed by atoms with Crippen LogP contribution in [0.5, 0.6) is 0 Å². The van der Waals surface area contributed by atoms with Gasteiger partial charge in [0.05, 0.1) is 0 Å². The molecule has 0 aliphatic carbocycles. The van der Waals surface area contributed by atoms with Gasteiger partial charge in [0.2, 0.25) is 10.0 Å². The van der Waals surface area contributed by atoms with Gasteiger partial charge in [0, 0.05) is 36.6 Å². The second-order valence-electron chi connectivity index (χ2n) is 7.14. The minimum absolute atomic E-state index is 0.0360. The van der Waals surface area contributed by atoms with Crippen LogP contribution < -0.4 is 10.0 Å². The number of allylic oxidation sites excluding steroid dienone is 2. The smallest absolute Gasteiger partial charge is 0.272 e. The third-order valence-electron chi connectivity index (χ3n) is 4.78. The van der Waals surface area contributed by atoms with Crippen molar-refractivity contribution in [3.05, 3.63) is 59.4 Å². The number of nitrogens with one attached hydrogen (secondary N) is 2. The Morgan fingerprint density at radius 3 is 2.72 bits per heavy atom. The van der Waals surface area contributed by atoms with Crippen LogP contribution in [0.15, 0.2) is 41.4 Å². The molecule has 1 aliphatic heterocycles. The number of carbonyl (C=O) groups excluding carboxylic acids is 1. The summed E-state index contributed by atoms with van der Waals surface area (Å²) < 4.78 is 56.5. The van der Waals surface area contributed by atoms with E-state index in [1.54, 1.807) is 14.0 Å².